The first-order chi connectivity index (χ1) is 9.35. The van der Waals surface area contributed by atoms with Crippen molar-refractivity contribution < 1.29 is 19.1 Å². The number of ether oxygens (including phenoxy) is 2. The van der Waals surface area contributed by atoms with Gasteiger partial charge in [0.05, 0.1) is 12.7 Å². The number of epoxide rings is 1. The van der Waals surface area contributed by atoms with E-state index in [9.17, 15) is 9.59 Å². The molecule has 2 amide bonds. The molecule has 5 heteroatoms. The van der Waals surface area contributed by atoms with Crippen LogP contribution in [0.1, 0.15) is 52.9 Å². The van der Waals surface area contributed by atoms with E-state index in [1.54, 1.807) is 20.8 Å². The Morgan fingerprint density at radius 1 is 1.30 bits per heavy atom. The van der Waals surface area contributed by atoms with Gasteiger partial charge in [0, 0.05) is 6.42 Å². The van der Waals surface area contributed by atoms with Gasteiger partial charge in [0.1, 0.15) is 5.60 Å². The SMILES string of the molecule is CC(C)(C)OC(=O)NC(=O)C[C@@H](C1CCCC1)[C@@H]1CO1. The predicted octanol–water partition coefficient (Wildman–Crippen LogP) is 2.63. The van der Waals surface area contributed by atoms with Crippen LogP contribution in [0.25, 0.3) is 0 Å². The number of hydrogen-bond donors (Lipinski definition) is 1. The normalized spacial score (nSPS) is 24.2. The maximum Gasteiger partial charge on any atom is 0.414 e. The number of amides is 2. The third-order valence-corrected chi connectivity index (χ3v) is 3.90. The zero-order valence-corrected chi connectivity index (χ0v) is 12.6. The number of alkyl carbamates (subject to hydrolysis) is 1. The van der Waals surface area contributed by atoms with Gasteiger partial charge in [0.15, 0.2) is 0 Å². The van der Waals surface area contributed by atoms with E-state index in [0.717, 1.165) is 6.61 Å². The second-order valence-corrected chi connectivity index (χ2v) is 6.83. The molecule has 0 spiro atoms. The number of carbonyl (C=O) groups excluding carboxylic acids is 2. The van der Waals surface area contributed by atoms with Gasteiger partial charge in [-0.05, 0) is 32.6 Å². The predicted molar refractivity (Wildman–Crippen MR) is 74.2 cm³/mol. The van der Waals surface area contributed by atoms with E-state index >= 15 is 0 Å². The molecule has 1 saturated heterocycles. The summed E-state index contributed by atoms with van der Waals surface area (Å²) in [4.78, 5) is 23.5. The topological polar surface area (TPSA) is 67.9 Å². The van der Waals surface area contributed by atoms with Crippen LogP contribution in [0.15, 0.2) is 0 Å². The Morgan fingerprint density at radius 2 is 1.90 bits per heavy atom. The highest BCUT2D eigenvalue weighted by molar-refractivity contribution is 5.92. The lowest BCUT2D eigenvalue weighted by atomic mass is 9.85. The second-order valence-electron chi connectivity index (χ2n) is 6.83. The molecule has 0 unspecified atom stereocenters. The largest absolute Gasteiger partial charge is 0.444 e. The molecule has 0 aromatic rings. The highest BCUT2D eigenvalue weighted by atomic mass is 16.6. The minimum atomic E-state index is -0.663. The van der Waals surface area contributed by atoms with E-state index in [2.05, 4.69) is 5.32 Å². The summed E-state index contributed by atoms with van der Waals surface area (Å²) in [6, 6.07) is 0. The molecule has 5 nitrogen and oxygen atoms in total. The minimum absolute atomic E-state index is 0.211. The molecular weight excluding hydrogens is 258 g/mol. The van der Waals surface area contributed by atoms with Gasteiger partial charge < -0.3 is 9.47 Å². The van der Waals surface area contributed by atoms with Gasteiger partial charge in [-0.1, -0.05) is 25.7 Å². The molecule has 20 heavy (non-hydrogen) atoms. The summed E-state index contributed by atoms with van der Waals surface area (Å²) in [6.45, 7) is 6.07. The Hall–Kier alpha value is -1.10. The van der Waals surface area contributed by atoms with E-state index in [4.69, 9.17) is 9.47 Å². The van der Waals surface area contributed by atoms with Crippen LogP contribution < -0.4 is 5.32 Å². The molecule has 2 rings (SSSR count). The smallest absolute Gasteiger partial charge is 0.414 e. The van der Waals surface area contributed by atoms with Crippen LogP contribution in [0.4, 0.5) is 4.79 Å². The van der Waals surface area contributed by atoms with Crippen LogP contribution in [0, 0.1) is 11.8 Å². The lowest BCUT2D eigenvalue weighted by molar-refractivity contribution is -0.122. The van der Waals surface area contributed by atoms with Crippen molar-refractivity contribution in [1.29, 1.82) is 0 Å². The van der Waals surface area contributed by atoms with Crippen molar-refractivity contribution in [3.63, 3.8) is 0 Å². The molecule has 2 atom stereocenters. The Labute approximate surface area is 120 Å². The van der Waals surface area contributed by atoms with Crippen molar-refractivity contribution in [3.8, 4) is 0 Å². The van der Waals surface area contributed by atoms with Crippen LogP contribution in [-0.4, -0.2) is 30.3 Å². The van der Waals surface area contributed by atoms with E-state index in [1.807, 2.05) is 0 Å². The summed E-state index contributed by atoms with van der Waals surface area (Å²) in [5.74, 6) is 0.554. The van der Waals surface area contributed by atoms with Crippen molar-refractivity contribution in [2.24, 2.45) is 11.8 Å². The summed E-state index contributed by atoms with van der Waals surface area (Å²) in [5, 5.41) is 2.32. The third kappa shape index (κ3) is 4.78. The zero-order valence-electron chi connectivity index (χ0n) is 12.6. The fourth-order valence-electron chi connectivity index (χ4n) is 2.97. The van der Waals surface area contributed by atoms with Crippen molar-refractivity contribution >= 4 is 12.0 Å². The van der Waals surface area contributed by atoms with E-state index in [1.165, 1.54) is 25.7 Å². The molecule has 1 aliphatic carbocycles. The molecule has 1 N–H and O–H groups in total. The van der Waals surface area contributed by atoms with E-state index in [-0.39, 0.29) is 17.9 Å². The van der Waals surface area contributed by atoms with Gasteiger partial charge in [-0.25, -0.2) is 4.79 Å². The Morgan fingerprint density at radius 3 is 2.40 bits per heavy atom. The molecule has 0 radical (unpaired) electrons. The van der Waals surface area contributed by atoms with Crippen molar-refractivity contribution in [1.82, 2.24) is 5.32 Å². The summed E-state index contributed by atoms with van der Waals surface area (Å²) >= 11 is 0. The summed E-state index contributed by atoms with van der Waals surface area (Å²) in [6.07, 6.45) is 4.72. The van der Waals surface area contributed by atoms with Crippen LogP contribution >= 0.6 is 0 Å². The van der Waals surface area contributed by atoms with Crippen LogP contribution in [-0.2, 0) is 14.3 Å². The average Bonchev–Trinajstić information content (AvgIpc) is 2.98. The number of nitrogens with one attached hydrogen (secondary N) is 1. The summed E-state index contributed by atoms with van der Waals surface area (Å²) in [7, 11) is 0. The molecule has 1 saturated carbocycles. The van der Waals surface area contributed by atoms with Gasteiger partial charge in [-0.15, -0.1) is 0 Å². The molecule has 2 fully saturated rings. The van der Waals surface area contributed by atoms with Gasteiger partial charge in [0.25, 0.3) is 0 Å². The third-order valence-electron chi connectivity index (χ3n) is 3.90. The zero-order chi connectivity index (χ0) is 14.8. The van der Waals surface area contributed by atoms with Gasteiger partial charge in [-0.2, -0.15) is 0 Å². The molecule has 2 aliphatic rings. The molecule has 0 aromatic carbocycles. The number of imide groups is 1. The number of carbonyl (C=O) groups is 2. The van der Waals surface area contributed by atoms with Gasteiger partial charge in [-0.3, -0.25) is 10.1 Å². The lowest BCUT2D eigenvalue weighted by Gasteiger charge is -2.22. The summed E-state index contributed by atoms with van der Waals surface area (Å²) in [5.41, 5.74) is -0.588. The summed E-state index contributed by atoms with van der Waals surface area (Å²) < 4.78 is 10.5. The van der Waals surface area contributed by atoms with E-state index < -0.39 is 11.7 Å². The second kappa shape index (κ2) is 6.12. The highest BCUT2D eigenvalue weighted by Crippen LogP contribution is 2.39. The van der Waals surface area contributed by atoms with Gasteiger partial charge >= 0.3 is 6.09 Å². The highest BCUT2D eigenvalue weighted by Gasteiger charge is 2.40. The molecule has 0 aromatic heterocycles. The number of hydrogen-bond acceptors (Lipinski definition) is 4. The average molecular weight is 283 g/mol. The molecular formula is C15H25NO4. The van der Waals surface area contributed by atoms with Crippen molar-refractivity contribution in [2.45, 2.75) is 64.6 Å². The van der Waals surface area contributed by atoms with Crippen molar-refractivity contribution in [2.75, 3.05) is 6.61 Å². The molecule has 114 valence electrons. The van der Waals surface area contributed by atoms with E-state index in [0.29, 0.717) is 12.3 Å². The maximum absolute atomic E-state index is 12.0. The lowest BCUT2D eigenvalue weighted by Crippen LogP contribution is -2.38. The number of rotatable bonds is 4. The van der Waals surface area contributed by atoms with Crippen molar-refractivity contribution in [3.05, 3.63) is 0 Å². The minimum Gasteiger partial charge on any atom is -0.444 e. The first kappa shape index (κ1) is 15.3. The Bertz CT molecular complexity index is 365. The fourth-order valence-corrected chi connectivity index (χ4v) is 2.97. The maximum atomic E-state index is 12.0. The monoisotopic (exact) mass is 283 g/mol. The first-order valence-electron chi connectivity index (χ1n) is 7.49. The quantitative estimate of drug-likeness (QED) is 0.805. The van der Waals surface area contributed by atoms with Crippen LogP contribution in [0.5, 0.6) is 0 Å². The van der Waals surface area contributed by atoms with Crippen LogP contribution in [0.3, 0.4) is 0 Å². The fraction of sp³-hybridized carbons (Fsp3) is 0.867. The van der Waals surface area contributed by atoms with Gasteiger partial charge in [0.2, 0.25) is 5.91 Å². The Kier molecular flexibility index (Phi) is 4.68. The standard InChI is InChI=1S/C15H25NO4/c1-15(2,3)20-14(18)16-13(17)8-11(12-9-19-12)10-6-4-5-7-10/h10-12H,4-9H2,1-3H3,(H,16,17,18)/t11-,12-/m0/s1. The molecule has 0 bridgehead atoms. The van der Waals surface area contributed by atoms with Crippen LogP contribution in [0.2, 0.25) is 0 Å². The Balaban J connectivity index is 1.81. The molecule has 1 heterocycles. The molecule has 1 aliphatic heterocycles. The first-order valence-corrected chi connectivity index (χ1v) is 7.49.